The van der Waals surface area contributed by atoms with Crippen LogP contribution in [0.25, 0.3) is 0 Å². The molecule has 2 nitrogen and oxygen atoms in total. The van der Waals surface area contributed by atoms with Gasteiger partial charge in [-0.05, 0) is 25.8 Å². The van der Waals surface area contributed by atoms with Gasteiger partial charge >= 0.3 is 0 Å². The fourth-order valence-electron chi connectivity index (χ4n) is 0.988. The van der Waals surface area contributed by atoms with Gasteiger partial charge in [-0.3, -0.25) is 0 Å². The van der Waals surface area contributed by atoms with Crippen LogP contribution in [-0.4, -0.2) is 23.3 Å². The predicted octanol–water partition coefficient (Wildman–Crippen LogP) is 0.899. The van der Waals surface area contributed by atoms with E-state index in [-0.39, 0.29) is 5.60 Å². The molecule has 0 bridgehead atoms. The predicted molar refractivity (Wildman–Crippen MR) is 41.9 cm³/mol. The summed E-state index contributed by atoms with van der Waals surface area (Å²) in [7, 11) is 0. The van der Waals surface area contributed by atoms with E-state index in [4.69, 9.17) is 0 Å². The quantitative estimate of drug-likeness (QED) is 0.613. The molecule has 0 radical (unpaired) electrons. The van der Waals surface area contributed by atoms with Crippen LogP contribution in [0.4, 0.5) is 0 Å². The normalized spacial score (nSPS) is 21.6. The van der Waals surface area contributed by atoms with Crippen LogP contribution in [0.2, 0.25) is 0 Å². The summed E-state index contributed by atoms with van der Waals surface area (Å²) >= 11 is 0. The largest absolute Gasteiger partial charge is 0.390 e. The van der Waals surface area contributed by atoms with Crippen molar-refractivity contribution in [2.75, 3.05) is 6.54 Å². The first-order chi connectivity index (χ1) is 4.62. The summed E-state index contributed by atoms with van der Waals surface area (Å²) in [6.45, 7) is 5.20. The smallest absolute Gasteiger partial charge is 0.0662 e. The molecule has 0 atom stereocenters. The van der Waals surface area contributed by atoms with Crippen LogP contribution in [0.15, 0.2) is 0 Å². The SMILES string of the molecule is CC(C)NCCC1(O)CC1. The van der Waals surface area contributed by atoms with Crippen molar-refractivity contribution in [2.45, 2.75) is 44.8 Å². The van der Waals surface area contributed by atoms with Gasteiger partial charge in [-0.1, -0.05) is 13.8 Å². The molecular formula is C8H17NO. The average molecular weight is 143 g/mol. The zero-order chi connectivity index (χ0) is 7.61. The molecule has 1 fully saturated rings. The maximum Gasteiger partial charge on any atom is 0.0662 e. The van der Waals surface area contributed by atoms with Gasteiger partial charge in [-0.2, -0.15) is 0 Å². The first kappa shape index (κ1) is 8.02. The monoisotopic (exact) mass is 143 g/mol. The van der Waals surface area contributed by atoms with Crippen molar-refractivity contribution in [2.24, 2.45) is 0 Å². The molecule has 1 saturated carbocycles. The van der Waals surface area contributed by atoms with Gasteiger partial charge in [0.15, 0.2) is 0 Å². The van der Waals surface area contributed by atoms with E-state index in [0.29, 0.717) is 6.04 Å². The lowest BCUT2D eigenvalue weighted by molar-refractivity contribution is 0.139. The fourth-order valence-corrected chi connectivity index (χ4v) is 0.988. The van der Waals surface area contributed by atoms with Crippen molar-refractivity contribution < 1.29 is 5.11 Å². The summed E-state index contributed by atoms with van der Waals surface area (Å²) in [5.41, 5.74) is -0.276. The lowest BCUT2D eigenvalue weighted by Crippen LogP contribution is -2.27. The van der Waals surface area contributed by atoms with E-state index in [1.807, 2.05) is 0 Å². The summed E-state index contributed by atoms with van der Waals surface area (Å²) in [6.07, 6.45) is 2.94. The first-order valence-electron chi connectivity index (χ1n) is 4.08. The van der Waals surface area contributed by atoms with Crippen LogP contribution < -0.4 is 5.32 Å². The van der Waals surface area contributed by atoms with Gasteiger partial charge in [-0.15, -0.1) is 0 Å². The van der Waals surface area contributed by atoms with E-state index in [1.165, 1.54) is 0 Å². The van der Waals surface area contributed by atoms with Crippen LogP contribution in [-0.2, 0) is 0 Å². The molecule has 0 aromatic carbocycles. The van der Waals surface area contributed by atoms with E-state index in [0.717, 1.165) is 25.8 Å². The molecule has 2 N–H and O–H groups in total. The molecule has 2 heteroatoms. The highest BCUT2D eigenvalue weighted by molar-refractivity contribution is 4.93. The molecule has 0 heterocycles. The topological polar surface area (TPSA) is 32.3 Å². The van der Waals surface area contributed by atoms with Crippen LogP contribution in [0.5, 0.6) is 0 Å². The Morgan fingerprint density at radius 3 is 2.50 bits per heavy atom. The highest BCUT2D eigenvalue weighted by atomic mass is 16.3. The van der Waals surface area contributed by atoms with E-state index in [1.54, 1.807) is 0 Å². The number of nitrogens with one attached hydrogen (secondary N) is 1. The highest BCUT2D eigenvalue weighted by Crippen LogP contribution is 2.37. The molecule has 0 saturated heterocycles. The summed E-state index contributed by atoms with van der Waals surface area (Å²) in [5.74, 6) is 0. The Hall–Kier alpha value is -0.0800. The first-order valence-corrected chi connectivity index (χ1v) is 4.08. The van der Waals surface area contributed by atoms with Crippen LogP contribution >= 0.6 is 0 Å². The van der Waals surface area contributed by atoms with Crippen molar-refractivity contribution in [3.8, 4) is 0 Å². The highest BCUT2D eigenvalue weighted by Gasteiger charge is 2.39. The third-order valence-electron chi connectivity index (χ3n) is 1.97. The summed E-state index contributed by atoms with van der Waals surface area (Å²) in [5, 5.41) is 12.7. The van der Waals surface area contributed by atoms with Crippen LogP contribution in [0, 0.1) is 0 Å². The Morgan fingerprint density at radius 2 is 2.10 bits per heavy atom. The third-order valence-corrected chi connectivity index (χ3v) is 1.97. The molecule has 0 spiro atoms. The van der Waals surface area contributed by atoms with Gasteiger partial charge in [0.25, 0.3) is 0 Å². The van der Waals surface area contributed by atoms with Gasteiger partial charge in [0.1, 0.15) is 0 Å². The Balaban J connectivity index is 1.95. The second kappa shape index (κ2) is 2.89. The Kier molecular flexibility index (Phi) is 2.32. The molecule has 1 aliphatic carbocycles. The van der Waals surface area contributed by atoms with E-state index < -0.39 is 0 Å². The summed E-state index contributed by atoms with van der Waals surface area (Å²) in [4.78, 5) is 0. The van der Waals surface area contributed by atoms with E-state index in [2.05, 4.69) is 19.2 Å². The minimum absolute atomic E-state index is 0.276. The Morgan fingerprint density at radius 1 is 1.50 bits per heavy atom. The third kappa shape index (κ3) is 2.67. The zero-order valence-electron chi connectivity index (χ0n) is 6.85. The van der Waals surface area contributed by atoms with Gasteiger partial charge < -0.3 is 10.4 Å². The maximum absolute atomic E-state index is 9.40. The molecule has 0 unspecified atom stereocenters. The average Bonchev–Trinajstić information content (AvgIpc) is 2.47. The number of hydrogen-bond donors (Lipinski definition) is 2. The number of rotatable bonds is 4. The van der Waals surface area contributed by atoms with E-state index >= 15 is 0 Å². The molecule has 1 aliphatic rings. The van der Waals surface area contributed by atoms with Crippen LogP contribution in [0.3, 0.4) is 0 Å². The summed E-state index contributed by atoms with van der Waals surface area (Å²) in [6, 6.07) is 0.544. The Labute approximate surface area is 62.6 Å². The molecule has 60 valence electrons. The molecule has 10 heavy (non-hydrogen) atoms. The van der Waals surface area contributed by atoms with Gasteiger partial charge in [0.2, 0.25) is 0 Å². The fraction of sp³-hybridized carbons (Fsp3) is 1.00. The molecule has 0 aromatic rings. The van der Waals surface area contributed by atoms with Gasteiger partial charge in [0, 0.05) is 6.04 Å². The zero-order valence-corrected chi connectivity index (χ0v) is 6.85. The maximum atomic E-state index is 9.40. The number of aliphatic hydroxyl groups is 1. The van der Waals surface area contributed by atoms with Crippen molar-refractivity contribution >= 4 is 0 Å². The lowest BCUT2D eigenvalue weighted by Gasteiger charge is -2.10. The molecule has 0 amide bonds. The minimum Gasteiger partial charge on any atom is -0.390 e. The van der Waals surface area contributed by atoms with Crippen LogP contribution in [0.1, 0.15) is 33.1 Å². The van der Waals surface area contributed by atoms with Crippen molar-refractivity contribution in [1.82, 2.24) is 5.32 Å². The van der Waals surface area contributed by atoms with Crippen molar-refractivity contribution in [3.63, 3.8) is 0 Å². The molecule has 0 aromatic heterocycles. The lowest BCUT2D eigenvalue weighted by atomic mass is 10.2. The Bertz CT molecular complexity index is 108. The van der Waals surface area contributed by atoms with Crippen molar-refractivity contribution in [1.29, 1.82) is 0 Å². The van der Waals surface area contributed by atoms with Gasteiger partial charge in [-0.25, -0.2) is 0 Å². The van der Waals surface area contributed by atoms with Crippen molar-refractivity contribution in [3.05, 3.63) is 0 Å². The van der Waals surface area contributed by atoms with E-state index in [9.17, 15) is 5.11 Å². The second-order valence-corrected chi connectivity index (χ2v) is 3.58. The number of hydrogen-bond acceptors (Lipinski definition) is 2. The van der Waals surface area contributed by atoms with Gasteiger partial charge in [0.05, 0.1) is 5.60 Å². The second-order valence-electron chi connectivity index (χ2n) is 3.58. The minimum atomic E-state index is -0.276. The summed E-state index contributed by atoms with van der Waals surface area (Å²) < 4.78 is 0. The standard InChI is InChI=1S/C8H17NO/c1-7(2)9-6-5-8(10)3-4-8/h7,9-10H,3-6H2,1-2H3. The molecule has 1 rings (SSSR count). The molecule has 0 aliphatic heterocycles. The molecular weight excluding hydrogens is 126 g/mol.